The molecule has 1 aliphatic rings. The van der Waals surface area contributed by atoms with E-state index in [4.69, 9.17) is 9.26 Å². The average Bonchev–Trinajstić information content (AvgIpc) is 2.62. The fourth-order valence-corrected chi connectivity index (χ4v) is 4.54. The highest BCUT2D eigenvalue weighted by Gasteiger charge is 2.36. The largest absolute Gasteiger partial charge is 0.481 e. The maximum atomic E-state index is 11.1. The molecule has 9 heteroatoms. The molecule has 1 aliphatic carbocycles. The second-order valence-corrected chi connectivity index (χ2v) is 8.59. The zero-order valence-electron chi connectivity index (χ0n) is 14.1. The molecule has 0 aliphatic heterocycles. The number of halogens is 2. The average molecular weight is 561 g/mol. The lowest BCUT2D eigenvalue weighted by Crippen LogP contribution is -2.35. The van der Waals surface area contributed by atoms with Gasteiger partial charge >= 0.3 is 5.82 Å². The third kappa shape index (κ3) is 5.38. The summed E-state index contributed by atoms with van der Waals surface area (Å²) < 4.78 is 12.1. The van der Waals surface area contributed by atoms with E-state index in [2.05, 4.69) is 54.8 Å². The zero-order chi connectivity index (χ0) is 19.3. The van der Waals surface area contributed by atoms with E-state index in [1.807, 2.05) is 24.3 Å². The zero-order valence-corrected chi connectivity index (χ0v) is 18.8. The minimum absolute atomic E-state index is 0.121. The van der Waals surface area contributed by atoms with Crippen molar-refractivity contribution in [2.45, 2.75) is 31.5 Å². The normalized spacial score (nSPS) is 15.0. The molecule has 0 bridgehead atoms. The molecule has 1 saturated carbocycles. The fourth-order valence-electron chi connectivity index (χ4n) is 2.57. The van der Waals surface area contributed by atoms with Crippen molar-refractivity contribution in [1.82, 2.24) is 4.98 Å². The molecule has 0 N–H and O–H groups in total. The van der Waals surface area contributed by atoms with Gasteiger partial charge in [-0.2, -0.15) is 0 Å². The summed E-state index contributed by atoms with van der Waals surface area (Å²) in [6, 6.07) is 9.17. The highest BCUT2D eigenvalue weighted by molar-refractivity contribution is 14.2. The molecule has 140 valence electrons. The second-order valence-electron chi connectivity index (χ2n) is 6.00. The van der Waals surface area contributed by atoms with Crippen molar-refractivity contribution < 1.29 is 14.2 Å². The summed E-state index contributed by atoms with van der Waals surface area (Å²) in [5.41, 5.74) is 1.44. The Kier molecular flexibility index (Phi) is 7.04. The van der Waals surface area contributed by atoms with E-state index in [1.54, 1.807) is 0 Å². The van der Waals surface area contributed by atoms with Crippen LogP contribution in [0, 0.1) is 22.0 Å². The third-order valence-corrected chi connectivity index (χ3v) is 5.69. The van der Waals surface area contributed by atoms with Gasteiger partial charge in [0, 0.05) is 11.6 Å². The van der Waals surface area contributed by atoms with Gasteiger partial charge in [0.05, 0.1) is 10.9 Å². The van der Waals surface area contributed by atoms with Crippen LogP contribution < -0.4 is 4.74 Å². The van der Waals surface area contributed by atoms with Crippen LogP contribution in [0.25, 0.3) is 0 Å². The minimum atomic E-state index is -0.560. The van der Waals surface area contributed by atoms with Crippen molar-refractivity contribution in [1.29, 1.82) is 0 Å². The van der Waals surface area contributed by atoms with Crippen molar-refractivity contribution in [2.75, 3.05) is 0 Å². The van der Waals surface area contributed by atoms with E-state index in [9.17, 15) is 10.1 Å². The van der Waals surface area contributed by atoms with E-state index < -0.39 is 4.92 Å². The predicted octanol–water partition coefficient (Wildman–Crippen LogP) is 5.57. The van der Waals surface area contributed by atoms with Crippen LogP contribution in [0.4, 0.5) is 5.82 Å². The summed E-state index contributed by atoms with van der Waals surface area (Å²) in [6.07, 6.45) is 4.45. The van der Waals surface area contributed by atoms with Crippen molar-refractivity contribution in [2.24, 2.45) is 0 Å². The van der Waals surface area contributed by atoms with Crippen LogP contribution in [-0.4, -0.2) is 15.5 Å². The third-order valence-electron chi connectivity index (χ3n) is 4.12. The molecule has 1 unspecified atom stereocenters. The van der Waals surface area contributed by atoms with Crippen LogP contribution in [0.2, 0.25) is 0 Å². The lowest BCUT2D eigenvalue weighted by molar-refractivity contribution is -0.390. The highest BCUT2D eigenvalue weighted by Crippen LogP contribution is 2.42. The SMILES string of the molecule is O=[N+]([O-])c1ncc(Br)cc1OCc1cccc(C#CC2(OPI)CCC2)c1. The number of pyridine rings is 1. The summed E-state index contributed by atoms with van der Waals surface area (Å²) in [7, 11) is 0. The number of nitrogens with zero attached hydrogens (tertiary/aromatic N) is 2. The van der Waals surface area contributed by atoms with Gasteiger partial charge in [0.15, 0.2) is 6.20 Å². The van der Waals surface area contributed by atoms with Gasteiger partial charge in [-0.3, -0.25) is 0 Å². The van der Waals surface area contributed by atoms with Crippen molar-refractivity contribution in [3.63, 3.8) is 0 Å². The van der Waals surface area contributed by atoms with E-state index in [0.29, 0.717) is 10.9 Å². The summed E-state index contributed by atoms with van der Waals surface area (Å²) in [5.74, 6) is 6.27. The first-order valence-electron chi connectivity index (χ1n) is 8.10. The smallest absolute Gasteiger partial charge is 0.406 e. The Bertz CT molecular complexity index is 912. The van der Waals surface area contributed by atoms with Gasteiger partial charge in [-0.15, -0.1) is 0 Å². The van der Waals surface area contributed by atoms with E-state index in [0.717, 1.165) is 30.4 Å². The number of hydrogen-bond acceptors (Lipinski definition) is 5. The molecule has 1 aromatic carbocycles. The summed E-state index contributed by atoms with van der Waals surface area (Å²) in [4.78, 5) is 14.3. The molecule has 1 atom stereocenters. The van der Waals surface area contributed by atoms with E-state index in [1.165, 1.54) is 12.3 Å². The second kappa shape index (κ2) is 9.28. The topological polar surface area (TPSA) is 74.5 Å². The molecule has 1 aromatic heterocycles. The van der Waals surface area contributed by atoms with Crippen LogP contribution in [0.5, 0.6) is 5.75 Å². The van der Waals surface area contributed by atoms with Crippen molar-refractivity contribution in [3.05, 3.63) is 62.2 Å². The predicted molar refractivity (Wildman–Crippen MR) is 116 cm³/mol. The van der Waals surface area contributed by atoms with Crippen molar-refractivity contribution >= 4 is 50.2 Å². The van der Waals surface area contributed by atoms with E-state index >= 15 is 0 Å². The first-order chi connectivity index (χ1) is 13.0. The Morgan fingerprint density at radius 2 is 2.22 bits per heavy atom. The number of aromatic nitrogens is 1. The molecule has 0 amide bonds. The quantitative estimate of drug-likeness (QED) is 0.152. The van der Waals surface area contributed by atoms with Crippen LogP contribution >= 0.6 is 44.4 Å². The minimum Gasteiger partial charge on any atom is -0.481 e. The molecule has 0 spiro atoms. The number of ether oxygens (including phenoxy) is 1. The molecule has 0 saturated heterocycles. The maximum Gasteiger partial charge on any atom is 0.406 e. The molecule has 2 aromatic rings. The molecule has 1 fully saturated rings. The van der Waals surface area contributed by atoms with Gasteiger partial charge in [0.1, 0.15) is 12.2 Å². The summed E-state index contributed by atoms with van der Waals surface area (Å²) in [5, 5.41) is 11.1. The van der Waals surface area contributed by atoms with Crippen LogP contribution in [-0.2, 0) is 11.1 Å². The summed E-state index contributed by atoms with van der Waals surface area (Å²) in [6.45, 7) is 0.580. The molecule has 27 heavy (non-hydrogen) atoms. The fraction of sp³-hybridized carbons (Fsp3) is 0.278. The van der Waals surface area contributed by atoms with Crippen LogP contribution in [0.1, 0.15) is 30.4 Å². The Balaban J connectivity index is 1.72. The molecule has 6 nitrogen and oxygen atoms in total. The first kappa shape index (κ1) is 20.5. The molecule has 0 radical (unpaired) electrons. The molecular weight excluding hydrogens is 546 g/mol. The van der Waals surface area contributed by atoms with Gasteiger partial charge in [-0.05, 0) is 84.8 Å². The van der Waals surface area contributed by atoms with Gasteiger partial charge in [-0.1, -0.05) is 24.0 Å². The Morgan fingerprint density at radius 3 is 2.89 bits per heavy atom. The van der Waals surface area contributed by atoms with Gasteiger partial charge in [-0.25, -0.2) is 0 Å². The number of rotatable bonds is 6. The Labute approximate surface area is 180 Å². The number of benzene rings is 1. The maximum absolute atomic E-state index is 11.1. The van der Waals surface area contributed by atoms with Gasteiger partial charge in [0.25, 0.3) is 0 Å². The Hall–Kier alpha value is -1.27. The number of nitro groups is 1. The summed E-state index contributed by atoms with van der Waals surface area (Å²) >= 11 is 5.47. The number of hydrogen-bond donors (Lipinski definition) is 0. The highest BCUT2D eigenvalue weighted by atomic mass is 127. The standard InChI is InChI=1S/C18H15BrIN2O4P/c19-15-10-16(17(21-11-15)22(23)24)25-12-14-4-1-3-13(9-14)5-8-18(26-27-20)6-2-7-18/h1,3-4,9-11,27H,2,6-7,12H2. The molecule has 1 heterocycles. The van der Waals surface area contributed by atoms with E-state index in [-0.39, 0.29) is 23.8 Å². The monoisotopic (exact) mass is 560 g/mol. The lowest BCUT2D eigenvalue weighted by atomic mass is 9.81. The Morgan fingerprint density at radius 1 is 1.41 bits per heavy atom. The molecule has 3 rings (SSSR count). The van der Waals surface area contributed by atoms with Gasteiger partial charge < -0.3 is 19.4 Å². The van der Waals surface area contributed by atoms with Crippen LogP contribution in [0.3, 0.4) is 0 Å². The van der Waals surface area contributed by atoms with Crippen molar-refractivity contribution in [3.8, 4) is 17.6 Å². The molecular formula is C18H15BrIN2O4P. The van der Waals surface area contributed by atoms with Gasteiger partial charge in [0.2, 0.25) is 5.75 Å². The lowest BCUT2D eigenvalue weighted by Gasteiger charge is -2.35. The van der Waals surface area contributed by atoms with Crippen LogP contribution in [0.15, 0.2) is 41.0 Å². The first-order valence-corrected chi connectivity index (χ1v) is 12.9.